The van der Waals surface area contributed by atoms with Crippen LogP contribution >= 0.6 is 0 Å². The number of carbonyl (C=O) groups is 1. The van der Waals surface area contributed by atoms with E-state index in [1.165, 1.54) is 31.9 Å². The molecule has 0 aliphatic carbocycles. The lowest BCUT2D eigenvalue weighted by Gasteiger charge is -2.39. The fraction of sp³-hybridized carbons (Fsp3) is 0.562. The molecule has 1 saturated heterocycles. The van der Waals surface area contributed by atoms with Crippen LogP contribution in [-0.2, 0) is 4.74 Å². The lowest BCUT2D eigenvalue weighted by Crippen LogP contribution is -2.43. The molecule has 1 aromatic rings. The van der Waals surface area contributed by atoms with E-state index in [2.05, 4.69) is 11.8 Å². The second-order valence-corrected chi connectivity index (χ2v) is 5.45. The maximum Gasteiger partial charge on any atom is 0.337 e. The van der Waals surface area contributed by atoms with Crippen molar-refractivity contribution in [1.29, 1.82) is 0 Å². The highest BCUT2D eigenvalue weighted by Gasteiger charge is 2.26. The number of rotatable bonds is 4. The first-order valence-electron chi connectivity index (χ1n) is 7.31. The smallest absolute Gasteiger partial charge is 0.337 e. The Hall–Kier alpha value is -1.39. The molecule has 1 aromatic carbocycles. The number of methoxy groups -OCH3 is 1. The van der Waals surface area contributed by atoms with Gasteiger partial charge in [-0.15, -0.1) is 0 Å². The number of likely N-dealkylation sites (tertiary alicyclic amines) is 1. The van der Waals surface area contributed by atoms with E-state index < -0.39 is 0 Å². The van der Waals surface area contributed by atoms with Crippen molar-refractivity contribution in [3.05, 3.63) is 35.4 Å². The molecule has 2 unspecified atom stereocenters. The second kappa shape index (κ2) is 6.86. The first-order valence-corrected chi connectivity index (χ1v) is 7.31. The van der Waals surface area contributed by atoms with E-state index >= 15 is 0 Å². The van der Waals surface area contributed by atoms with Crippen molar-refractivity contribution in [1.82, 2.24) is 4.90 Å². The largest absolute Gasteiger partial charge is 0.465 e. The molecule has 0 aromatic heterocycles. The van der Waals surface area contributed by atoms with Gasteiger partial charge in [0, 0.05) is 18.6 Å². The lowest BCUT2D eigenvalue weighted by molar-refractivity contribution is 0.0600. The molecule has 4 nitrogen and oxygen atoms in total. The van der Waals surface area contributed by atoms with Crippen LogP contribution in [0.15, 0.2) is 24.3 Å². The summed E-state index contributed by atoms with van der Waals surface area (Å²) in [5.41, 5.74) is 7.75. The molecule has 4 heteroatoms. The van der Waals surface area contributed by atoms with Crippen LogP contribution < -0.4 is 5.73 Å². The molecule has 20 heavy (non-hydrogen) atoms. The highest BCUT2D eigenvalue weighted by molar-refractivity contribution is 5.89. The van der Waals surface area contributed by atoms with Gasteiger partial charge in [-0.25, -0.2) is 4.79 Å². The summed E-state index contributed by atoms with van der Waals surface area (Å²) < 4.78 is 4.72. The molecule has 1 aliphatic heterocycles. The minimum Gasteiger partial charge on any atom is -0.465 e. The molecule has 0 radical (unpaired) electrons. The van der Waals surface area contributed by atoms with Gasteiger partial charge in [-0.2, -0.15) is 0 Å². The van der Waals surface area contributed by atoms with Gasteiger partial charge in [-0.05, 0) is 44.0 Å². The molecule has 2 atom stereocenters. The van der Waals surface area contributed by atoms with E-state index in [0.29, 0.717) is 18.2 Å². The highest BCUT2D eigenvalue weighted by Crippen LogP contribution is 2.28. The lowest BCUT2D eigenvalue weighted by atomic mass is 9.96. The monoisotopic (exact) mass is 276 g/mol. The van der Waals surface area contributed by atoms with Crippen LogP contribution in [0.1, 0.15) is 48.1 Å². The van der Waals surface area contributed by atoms with Gasteiger partial charge in [0.2, 0.25) is 0 Å². The van der Waals surface area contributed by atoms with E-state index in [-0.39, 0.29) is 12.0 Å². The van der Waals surface area contributed by atoms with E-state index in [9.17, 15) is 4.79 Å². The standard InChI is InChI=1S/C16H24N2O2/c1-12-5-3-4-10-18(12)15(11-17)13-6-8-14(9-7-13)16(19)20-2/h6-9,12,15H,3-5,10-11,17H2,1-2H3. The molecule has 1 fully saturated rings. The maximum absolute atomic E-state index is 11.5. The van der Waals surface area contributed by atoms with E-state index in [1.54, 1.807) is 0 Å². The minimum absolute atomic E-state index is 0.233. The number of hydrogen-bond donors (Lipinski definition) is 1. The molecule has 2 rings (SSSR count). The third-order valence-corrected chi connectivity index (χ3v) is 4.19. The molecule has 1 heterocycles. The van der Waals surface area contributed by atoms with Crippen LogP contribution in [0.2, 0.25) is 0 Å². The van der Waals surface area contributed by atoms with Crippen molar-refractivity contribution < 1.29 is 9.53 Å². The SMILES string of the molecule is COC(=O)c1ccc(C(CN)N2CCCCC2C)cc1. The Morgan fingerprint density at radius 3 is 2.65 bits per heavy atom. The number of esters is 1. The van der Waals surface area contributed by atoms with Crippen molar-refractivity contribution >= 4 is 5.97 Å². The molecule has 0 amide bonds. The second-order valence-electron chi connectivity index (χ2n) is 5.45. The van der Waals surface area contributed by atoms with E-state index in [1.807, 2.05) is 24.3 Å². The Labute approximate surface area is 120 Å². The summed E-state index contributed by atoms with van der Waals surface area (Å²) in [6, 6.07) is 8.42. The summed E-state index contributed by atoms with van der Waals surface area (Å²) in [6.45, 7) is 3.97. The predicted molar refractivity (Wildman–Crippen MR) is 79.6 cm³/mol. The molecular formula is C16H24N2O2. The Balaban J connectivity index is 2.16. The number of carbonyl (C=O) groups excluding carboxylic acids is 1. The van der Waals surface area contributed by atoms with Crippen molar-refractivity contribution in [3.8, 4) is 0 Å². The third-order valence-electron chi connectivity index (χ3n) is 4.19. The van der Waals surface area contributed by atoms with Crippen LogP contribution in [-0.4, -0.2) is 37.1 Å². The quantitative estimate of drug-likeness (QED) is 0.858. The summed E-state index contributed by atoms with van der Waals surface area (Å²) >= 11 is 0. The number of piperidine rings is 1. The maximum atomic E-state index is 11.5. The van der Waals surface area contributed by atoms with Gasteiger partial charge in [0.1, 0.15) is 0 Å². The number of nitrogens with two attached hydrogens (primary N) is 1. The number of benzene rings is 1. The molecule has 0 bridgehead atoms. The fourth-order valence-corrected chi connectivity index (χ4v) is 3.01. The number of hydrogen-bond acceptors (Lipinski definition) is 4. The van der Waals surface area contributed by atoms with Gasteiger partial charge in [-0.1, -0.05) is 18.6 Å². The first-order chi connectivity index (χ1) is 9.67. The number of nitrogens with zero attached hydrogens (tertiary/aromatic N) is 1. The van der Waals surface area contributed by atoms with Gasteiger partial charge in [0.25, 0.3) is 0 Å². The minimum atomic E-state index is -0.299. The van der Waals surface area contributed by atoms with Crippen molar-refractivity contribution in [2.45, 2.75) is 38.3 Å². The van der Waals surface area contributed by atoms with Crippen LogP contribution in [0.3, 0.4) is 0 Å². The van der Waals surface area contributed by atoms with Crippen molar-refractivity contribution in [2.24, 2.45) is 5.73 Å². The summed E-state index contributed by atoms with van der Waals surface area (Å²) in [5.74, 6) is -0.299. The molecule has 0 spiro atoms. The Kier molecular flexibility index (Phi) is 5.15. The third kappa shape index (κ3) is 3.19. The summed E-state index contributed by atoms with van der Waals surface area (Å²) in [5, 5.41) is 0. The van der Waals surface area contributed by atoms with Crippen LogP contribution in [0.25, 0.3) is 0 Å². The average Bonchev–Trinajstić information content (AvgIpc) is 2.50. The zero-order valence-electron chi connectivity index (χ0n) is 12.3. The molecule has 110 valence electrons. The first kappa shape index (κ1) is 15.0. The molecular weight excluding hydrogens is 252 g/mol. The van der Waals surface area contributed by atoms with Crippen molar-refractivity contribution in [2.75, 3.05) is 20.2 Å². The topological polar surface area (TPSA) is 55.6 Å². The van der Waals surface area contributed by atoms with E-state index in [4.69, 9.17) is 10.5 Å². The molecule has 0 saturated carbocycles. The van der Waals surface area contributed by atoms with Gasteiger partial charge < -0.3 is 10.5 Å². The average molecular weight is 276 g/mol. The van der Waals surface area contributed by atoms with Gasteiger partial charge >= 0.3 is 5.97 Å². The summed E-state index contributed by atoms with van der Waals surface area (Å²) in [6.07, 6.45) is 3.77. The predicted octanol–water partition coefficient (Wildman–Crippen LogP) is 2.35. The van der Waals surface area contributed by atoms with Gasteiger partial charge in [0.15, 0.2) is 0 Å². The highest BCUT2D eigenvalue weighted by atomic mass is 16.5. The summed E-state index contributed by atoms with van der Waals surface area (Å²) in [4.78, 5) is 13.9. The van der Waals surface area contributed by atoms with Crippen LogP contribution in [0.4, 0.5) is 0 Å². The van der Waals surface area contributed by atoms with Gasteiger partial charge in [-0.3, -0.25) is 4.90 Å². The number of ether oxygens (including phenoxy) is 1. The Morgan fingerprint density at radius 2 is 2.10 bits per heavy atom. The van der Waals surface area contributed by atoms with E-state index in [0.717, 1.165) is 6.54 Å². The molecule has 2 N–H and O–H groups in total. The fourth-order valence-electron chi connectivity index (χ4n) is 3.01. The zero-order valence-corrected chi connectivity index (χ0v) is 12.3. The van der Waals surface area contributed by atoms with Gasteiger partial charge in [0.05, 0.1) is 12.7 Å². The van der Waals surface area contributed by atoms with Crippen LogP contribution in [0.5, 0.6) is 0 Å². The van der Waals surface area contributed by atoms with Crippen molar-refractivity contribution in [3.63, 3.8) is 0 Å². The summed E-state index contributed by atoms with van der Waals surface area (Å²) in [7, 11) is 1.40. The zero-order chi connectivity index (χ0) is 14.5. The molecule has 1 aliphatic rings. The normalized spacial score (nSPS) is 21.4. The Bertz CT molecular complexity index is 444. The Morgan fingerprint density at radius 1 is 1.40 bits per heavy atom. The van der Waals surface area contributed by atoms with Crippen LogP contribution in [0, 0.1) is 0 Å².